The summed E-state index contributed by atoms with van der Waals surface area (Å²) in [6.07, 6.45) is 5.07. The van der Waals surface area contributed by atoms with Crippen LogP contribution in [0.5, 0.6) is 0 Å². The molecule has 362 valence electrons. The molecule has 7 amide bonds. The third-order valence-corrected chi connectivity index (χ3v) is 11.8. The van der Waals surface area contributed by atoms with Crippen molar-refractivity contribution in [1.29, 1.82) is 0 Å². The average Bonchev–Trinajstić information content (AvgIpc) is 3.75. The molecule has 0 aromatic carbocycles. The molecule has 0 aromatic heterocycles. The predicted octanol–water partition coefficient (Wildman–Crippen LogP) is -1.36. The van der Waals surface area contributed by atoms with Crippen molar-refractivity contribution >= 4 is 72.6 Å². The summed E-state index contributed by atoms with van der Waals surface area (Å²) in [6.45, 7) is 8.66. The van der Waals surface area contributed by atoms with E-state index in [1.54, 1.807) is 6.92 Å². The minimum Gasteiger partial charge on any atom is -0.480 e. The zero-order valence-corrected chi connectivity index (χ0v) is 39.4. The summed E-state index contributed by atoms with van der Waals surface area (Å²) in [6, 6.07) is -8.70. The van der Waals surface area contributed by atoms with E-state index in [-0.39, 0.29) is 43.1 Å². The van der Waals surface area contributed by atoms with Crippen LogP contribution < -0.4 is 54.8 Å². The Balaban J connectivity index is 3.38. The minimum absolute atomic E-state index is 0.100. The molecule has 0 aliphatic carbocycles. The number of carboxylic acid groups (broad SMARTS) is 1. The maximum Gasteiger partial charge on any atom is 0.327 e. The molecule has 1 fully saturated rings. The molecule has 1 heterocycles. The first kappa shape index (κ1) is 57.3. The van der Waals surface area contributed by atoms with Crippen molar-refractivity contribution in [3.63, 3.8) is 0 Å². The van der Waals surface area contributed by atoms with Crippen LogP contribution in [-0.4, -0.2) is 143 Å². The lowest BCUT2D eigenvalue weighted by Crippen LogP contribution is -2.61. The molecule has 0 spiro atoms. The second kappa shape index (κ2) is 31.2. The van der Waals surface area contributed by atoms with Gasteiger partial charge in [0, 0.05) is 18.1 Å². The van der Waals surface area contributed by atoms with Gasteiger partial charge in [0.05, 0.1) is 6.04 Å². The van der Waals surface area contributed by atoms with Gasteiger partial charge in [0.15, 0.2) is 0 Å². The molecule has 1 aliphatic rings. The van der Waals surface area contributed by atoms with Gasteiger partial charge in [0.25, 0.3) is 0 Å². The van der Waals surface area contributed by atoms with Crippen LogP contribution in [0.25, 0.3) is 0 Å². The summed E-state index contributed by atoms with van der Waals surface area (Å²) in [5.41, 5.74) is 23.0. The van der Waals surface area contributed by atoms with Gasteiger partial charge >= 0.3 is 5.97 Å². The lowest BCUT2D eigenvalue weighted by Gasteiger charge is -2.31. The molecule has 0 saturated carbocycles. The highest BCUT2D eigenvalue weighted by Crippen LogP contribution is 2.20. The molecule has 0 unspecified atom stereocenters. The highest BCUT2D eigenvalue weighted by Gasteiger charge is 2.39. The monoisotopic (exact) mass is 932 g/mol. The second-order valence-corrected chi connectivity index (χ2v) is 17.4. The summed E-state index contributed by atoms with van der Waals surface area (Å²) in [4.78, 5) is 109. The van der Waals surface area contributed by atoms with Crippen LogP contribution in [0.15, 0.2) is 0 Å². The van der Waals surface area contributed by atoms with Gasteiger partial charge in [-0.1, -0.05) is 34.1 Å². The molecule has 0 radical (unpaired) electrons. The summed E-state index contributed by atoms with van der Waals surface area (Å²) in [7, 11) is 0. The van der Waals surface area contributed by atoms with E-state index in [1.165, 1.54) is 4.90 Å². The van der Waals surface area contributed by atoms with Crippen LogP contribution >= 0.6 is 25.3 Å². The fourth-order valence-electron chi connectivity index (χ4n) is 7.07. The molecule has 1 aliphatic heterocycles. The van der Waals surface area contributed by atoms with Crippen LogP contribution in [0.3, 0.4) is 0 Å². The van der Waals surface area contributed by atoms with Gasteiger partial charge in [-0.2, -0.15) is 25.3 Å². The Morgan fingerprint density at radius 2 is 1.08 bits per heavy atom. The van der Waals surface area contributed by atoms with E-state index in [2.05, 4.69) is 57.2 Å². The third-order valence-electron chi connectivity index (χ3n) is 11.0. The largest absolute Gasteiger partial charge is 0.480 e. The number of nitrogens with two attached hydrogens (primary N) is 4. The lowest BCUT2D eigenvalue weighted by atomic mass is 9.96. The number of hydrogen-bond acceptors (Lipinski definition) is 14. The molecule has 0 aromatic rings. The van der Waals surface area contributed by atoms with Crippen LogP contribution in [-0.2, 0) is 38.4 Å². The quantitative estimate of drug-likeness (QED) is 0.0274. The maximum absolute atomic E-state index is 14.2. The number of thiol groups is 2. The number of amides is 7. The van der Waals surface area contributed by atoms with Crippen molar-refractivity contribution in [2.45, 2.75) is 160 Å². The Kier molecular flexibility index (Phi) is 28.4. The minimum atomic E-state index is -1.30. The number of nitrogens with zero attached hydrogens (tertiary/aromatic N) is 1. The fourth-order valence-corrected chi connectivity index (χ4v) is 7.47. The number of carbonyl (C=O) groups is 8. The van der Waals surface area contributed by atoms with Gasteiger partial charge in [0.1, 0.15) is 42.3 Å². The zero-order valence-electron chi connectivity index (χ0n) is 37.6. The van der Waals surface area contributed by atoms with E-state index in [0.717, 1.165) is 0 Å². The van der Waals surface area contributed by atoms with Gasteiger partial charge in [-0.05, 0) is 109 Å². The van der Waals surface area contributed by atoms with E-state index in [1.807, 2.05) is 20.8 Å². The molecule has 63 heavy (non-hydrogen) atoms. The van der Waals surface area contributed by atoms with Crippen LogP contribution in [0, 0.1) is 11.8 Å². The number of nitrogens with one attached hydrogen (secondary N) is 6. The molecule has 22 heteroatoms. The number of aliphatic carboxylic acids is 1. The molecule has 0 bridgehead atoms. The molecule has 1 saturated heterocycles. The van der Waals surface area contributed by atoms with Gasteiger partial charge in [0.2, 0.25) is 41.4 Å². The van der Waals surface area contributed by atoms with Gasteiger partial charge in [-0.25, -0.2) is 4.79 Å². The Morgan fingerprint density at radius 1 is 0.635 bits per heavy atom. The van der Waals surface area contributed by atoms with Crippen molar-refractivity contribution in [3.8, 4) is 0 Å². The Hall–Kier alpha value is -3.70. The Morgan fingerprint density at radius 3 is 1.51 bits per heavy atom. The number of likely N-dealkylation sites (tertiary alicyclic amines) is 1. The van der Waals surface area contributed by atoms with Crippen LogP contribution in [0.2, 0.25) is 0 Å². The van der Waals surface area contributed by atoms with Gasteiger partial charge < -0.3 is 64.8 Å². The number of carbonyl (C=O) groups excluding carboxylic acids is 7. The van der Waals surface area contributed by atoms with Gasteiger partial charge in [-0.3, -0.25) is 33.6 Å². The topological polar surface area (TPSA) is 336 Å². The Bertz CT molecular complexity index is 1480. The van der Waals surface area contributed by atoms with Gasteiger partial charge in [-0.15, -0.1) is 0 Å². The molecule has 1 rings (SSSR count). The number of hydrogen-bond donors (Lipinski definition) is 13. The van der Waals surface area contributed by atoms with Crippen molar-refractivity contribution in [1.82, 2.24) is 36.8 Å². The van der Waals surface area contributed by atoms with Crippen molar-refractivity contribution in [2.24, 2.45) is 34.8 Å². The molecule has 15 N–H and O–H groups in total. The second-order valence-electron chi connectivity index (χ2n) is 16.7. The normalized spacial score (nSPS) is 17.6. The average molecular weight is 932 g/mol. The predicted molar refractivity (Wildman–Crippen MR) is 247 cm³/mol. The first-order valence-corrected chi connectivity index (χ1v) is 23.6. The van der Waals surface area contributed by atoms with E-state index < -0.39 is 102 Å². The number of unbranched alkanes of at least 4 members (excludes halogenated alkanes) is 3. The summed E-state index contributed by atoms with van der Waals surface area (Å²) >= 11 is 8.13. The van der Waals surface area contributed by atoms with Crippen LogP contribution in [0.1, 0.15) is 111 Å². The van der Waals surface area contributed by atoms with E-state index >= 15 is 0 Å². The number of rotatable bonds is 32. The highest BCUT2D eigenvalue weighted by molar-refractivity contribution is 7.80. The third kappa shape index (κ3) is 20.3. The van der Waals surface area contributed by atoms with Crippen molar-refractivity contribution in [3.05, 3.63) is 0 Å². The number of carboxylic acids is 1. The zero-order chi connectivity index (χ0) is 47.6. The van der Waals surface area contributed by atoms with Crippen LogP contribution in [0.4, 0.5) is 0 Å². The highest BCUT2D eigenvalue weighted by atomic mass is 32.1. The first-order chi connectivity index (χ1) is 29.9. The standard InChI is InChI=1S/C41H77N11O9S2/c1-5-25(4)33(51-36(55)29(15-8-11-19-44)48-38(57)32-16-12-20-52(32)40(59)26(45)22-62)39(58)49-30(21-24(2)3)37(56)47-27(13-6-9-17-42)34(53)46-28(14-7-10-18-43)35(54)50-31(23-63)41(60)61/h24-33,62-63H,5-23,42-45H2,1-4H3,(H,46,53)(H,47,56)(H,48,57)(H,49,58)(H,50,54)(H,51,55)(H,60,61)/t25-,26-,27-,28-,29-,30-,31-,32-,33-/m0/s1. The molecular weight excluding hydrogens is 855 g/mol. The van der Waals surface area contributed by atoms with Crippen molar-refractivity contribution in [2.75, 3.05) is 37.7 Å². The first-order valence-electron chi connectivity index (χ1n) is 22.3. The molecule has 9 atom stereocenters. The van der Waals surface area contributed by atoms with Crippen molar-refractivity contribution < 1.29 is 43.5 Å². The van der Waals surface area contributed by atoms with E-state index in [4.69, 9.17) is 22.9 Å². The summed E-state index contributed by atoms with van der Waals surface area (Å²) in [5.74, 6) is -6.23. The molecular formula is C41H77N11O9S2. The summed E-state index contributed by atoms with van der Waals surface area (Å²) in [5, 5.41) is 25.7. The summed E-state index contributed by atoms with van der Waals surface area (Å²) < 4.78 is 0. The lowest BCUT2D eigenvalue weighted by molar-refractivity contribution is -0.141. The van der Waals surface area contributed by atoms with E-state index in [0.29, 0.717) is 84.0 Å². The molecule has 20 nitrogen and oxygen atoms in total. The van der Waals surface area contributed by atoms with E-state index in [9.17, 15) is 43.5 Å². The SMILES string of the molecule is CC[C@H](C)[C@H](NC(=O)[C@H](CCCCN)NC(=O)[C@@H]1CCCN1C(=O)[C@@H](N)CS)C(=O)N[C@@H](CC(C)C)C(=O)N[C@@H](CCCCN)C(=O)N[C@@H](CCCCN)C(=O)N[C@@H](CS)C(=O)O. The fraction of sp³-hybridized carbons (Fsp3) is 0.805. The smallest absolute Gasteiger partial charge is 0.327 e. The maximum atomic E-state index is 14.2. The Labute approximate surface area is 383 Å².